The Morgan fingerprint density at radius 1 is 1.11 bits per heavy atom. The van der Waals surface area contributed by atoms with Gasteiger partial charge in [0.2, 0.25) is 5.78 Å². The summed E-state index contributed by atoms with van der Waals surface area (Å²) in [5, 5.41) is 6.22. The SMILES string of the molecule is CNC(=O)Nc1ccc2c(c1)C(=O)C(=Cc1c(C)n(CCN3CCN(C)CC3)c3ccc(OC)cc13)O2. The summed E-state index contributed by atoms with van der Waals surface area (Å²) in [5.41, 5.74) is 4.05. The summed E-state index contributed by atoms with van der Waals surface area (Å²) in [7, 11) is 5.36. The number of nitrogens with zero attached hydrogens (tertiary/aromatic N) is 3. The first kappa shape index (κ1) is 24.9. The van der Waals surface area contributed by atoms with E-state index in [0.29, 0.717) is 17.0 Å². The van der Waals surface area contributed by atoms with Crippen LogP contribution in [0, 0.1) is 6.92 Å². The van der Waals surface area contributed by atoms with Gasteiger partial charge in [0, 0.05) is 74.2 Å². The summed E-state index contributed by atoms with van der Waals surface area (Å²) in [6.45, 7) is 8.20. The second-order valence-corrected chi connectivity index (χ2v) is 9.53. The minimum absolute atomic E-state index is 0.212. The Morgan fingerprint density at radius 2 is 1.89 bits per heavy atom. The average Bonchev–Trinajstić information content (AvgIpc) is 3.36. The van der Waals surface area contributed by atoms with E-state index in [-0.39, 0.29) is 17.6 Å². The highest BCUT2D eigenvalue weighted by Crippen LogP contribution is 2.36. The van der Waals surface area contributed by atoms with E-state index in [0.717, 1.165) is 67.2 Å². The highest BCUT2D eigenvalue weighted by molar-refractivity contribution is 6.16. The number of carbonyl (C=O) groups is 2. The van der Waals surface area contributed by atoms with E-state index in [1.807, 2.05) is 18.2 Å². The van der Waals surface area contributed by atoms with Crippen molar-refractivity contribution in [2.24, 2.45) is 0 Å². The second kappa shape index (κ2) is 10.3. The molecular weight excluding hydrogens is 470 g/mol. The Bertz CT molecular complexity index is 1380. The van der Waals surface area contributed by atoms with Crippen molar-refractivity contribution < 1.29 is 19.1 Å². The number of benzene rings is 2. The van der Waals surface area contributed by atoms with Crippen LogP contribution < -0.4 is 20.1 Å². The summed E-state index contributed by atoms with van der Waals surface area (Å²) >= 11 is 0. The fraction of sp³-hybridized carbons (Fsp3) is 0.357. The fourth-order valence-electron chi connectivity index (χ4n) is 4.99. The topological polar surface area (TPSA) is 88.1 Å². The van der Waals surface area contributed by atoms with Crippen LogP contribution in [0.5, 0.6) is 11.5 Å². The molecule has 1 fully saturated rings. The molecule has 9 heteroatoms. The molecule has 2 amide bonds. The van der Waals surface area contributed by atoms with Gasteiger partial charge in [0.15, 0.2) is 5.76 Å². The van der Waals surface area contributed by atoms with Gasteiger partial charge in [-0.1, -0.05) is 0 Å². The van der Waals surface area contributed by atoms with Gasteiger partial charge in [0.1, 0.15) is 11.5 Å². The number of ketones is 1. The number of Topliss-reactive ketones (excluding diaryl/α,β-unsaturated/α-hetero) is 1. The van der Waals surface area contributed by atoms with Crippen LogP contribution >= 0.6 is 0 Å². The highest BCUT2D eigenvalue weighted by atomic mass is 16.5. The van der Waals surface area contributed by atoms with Crippen molar-refractivity contribution in [3.05, 3.63) is 59.0 Å². The highest BCUT2D eigenvalue weighted by Gasteiger charge is 2.29. The molecule has 37 heavy (non-hydrogen) atoms. The number of nitrogens with one attached hydrogen (secondary N) is 2. The summed E-state index contributed by atoms with van der Waals surface area (Å²) in [6.07, 6.45) is 1.83. The first-order chi connectivity index (χ1) is 17.9. The average molecular weight is 504 g/mol. The van der Waals surface area contributed by atoms with Crippen LogP contribution in [-0.4, -0.2) is 80.1 Å². The number of urea groups is 1. The van der Waals surface area contributed by atoms with Gasteiger partial charge >= 0.3 is 6.03 Å². The first-order valence-electron chi connectivity index (χ1n) is 12.5. The number of likely N-dealkylation sites (N-methyl/N-ethyl adjacent to an activating group) is 1. The lowest BCUT2D eigenvalue weighted by Crippen LogP contribution is -2.45. The smallest absolute Gasteiger partial charge is 0.318 e. The lowest BCUT2D eigenvalue weighted by molar-refractivity contribution is 0.101. The molecule has 3 heterocycles. The summed E-state index contributed by atoms with van der Waals surface area (Å²) < 4.78 is 13.8. The molecule has 2 N–H and O–H groups in total. The van der Waals surface area contributed by atoms with Crippen molar-refractivity contribution in [3.63, 3.8) is 0 Å². The number of allylic oxidation sites excluding steroid dienone is 1. The molecule has 0 saturated carbocycles. The number of aromatic nitrogens is 1. The molecule has 3 aromatic rings. The Balaban J connectivity index is 1.47. The summed E-state index contributed by atoms with van der Waals surface area (Å²) in [4.78, 5) is 29.8. The molecule has 194 valence electrons. The van der Waals surface area contributed by atoms with E-state index in [4.69, 9.17) is 9.47 Å². The van der Waals surface area contributed by atoms with E-state index in [1.165, 1.54) is 7.05 Å². The Hall–Kier alpha value is -3.82. The molecule has 1 saturated heterocycles. The van der Waals surface area contributed by atoms with Gasteiger partial charge in [-0.05, 0) is 56.4 Å². The molecule has 0 aliphatic carbocycles. The lowest BCUT2D eigenvalue weighted by Gasteiger charge is -2.32. The Morgan fingerprint density at radius 3 is 2.62 bits per heavy atom. The largest absolute Gasteiger partial charge is 0.497 e. The summed E-state index contributed by atoms with van der Waals surface area (Å²) in [6, 6.07) is 10.8. The van der Waals surface area contributed by atoms with Gasteiger partial charge < -0.3 is 29.6 Å². The number of anilines is 1. The number of methoxy groups -OCH3 is 1. The molecule has 0 unspecified atom stereocenters. The van der Waals surface area contributed by atoms with Crippen LogP contribution in [0.25, 0.3) is 17.0 Å². The molecule has 0 atom stereocenters. The van der Waals surface area contributed by atoms with Crippen molar-refractivity contribution in [1.82, 2.24) is 19.7 Å². The van der Waals surface area contributed by atoms with E-state index in [2.05, 4.69) is 45.0 Å². The molecule has 2 aliphatic rings. The minimum Gasteiger partial charge on any atom is -0.497 e. The minimum atomic E-state index is -0.351. The molecule has 0 spiro atoms. The quantitative estimate of drug-likeness (QED) is 0.500. The third-order valence-electron chi connectivity index (χ3n) is 7.24. The predicted molar refractivity (Wildman–Crippen MR) is 145 cm³/mol. The maximum Gasteiger partial charge on any atom is 0.318 e. The van der Waals surface area contributed by atoms with Gasteiger partial charge in [-0.15, -0.1) is 0 Å². The van der Waals surface area contributed by atoms with Gasteiger partial charge in [-0.3, -0.25) is 9.69 Å². The van der Waals surface area contributed by atoms with Crippen LogP contribution in [0.1, 0.15) is 21.6 Å². The number of carbonyl (C=O) groups excluding carboxylic acids is 2. The van der Waals surface area contributed by atoms with Crippen molar-refractivity contribution in [1.29, 1.82) is 0 Å². The van der Waals surface area contributed by atoms with Crippen molar-refractivity contribution in [3.8, 4) is 11.5 Å². The third-order valence-corrected chi connectivity index (χ3v) is 7.24. The number of hydrogen-bond acceptors (Lipinski definition) is 6. The van der Waals surface area contributed by atoms with E-state index in [9.17, 15) is 9.59 Å². The second-order valence-electron chi connectivity index (χ2n) is 9.53. The van der Waals surface area contributed by atoms with Gasteiger partial charge in [0.05, 0.1) is 12.7 Å². The molecule has 1 aromatic heterocycles. The number of amides is 2. The van der Waals surface area contributed by atoms with Crippen LogP contribution in [0.3, 0.4) is 0 Å². The van der Waals surface area contributed by atoms with Gasteiger partial charge in [-0.25, -0.2) is 4.79 Å². The van der Waals surface area contributed by atoms with Crippen LogP contribution in [0.2, 0.25) is 0 Å². The fourth-order valence-corrected chi connectivity index (χ4v) is 4.99. The zero-order valence-corrected chi connectivity index (χ0v) is 21.8. The normalized spacial score (nSPS) is 17.2. The number of fused-ring (bicyclic) bond motifs is 2. The molecule has 2 aliphatic heterocycles. The molecule has 5 rings (SSSR count). The molecule has 0 bridgehead atoms. The Labute approximate surface area is 216 Å². The number of hydrogen-bond donors (Lipinski definition) is 2. The molecule has 0 radical (unpaired) electrons. The number of ether oxygens (including phenoxy) is 2. The standard InChI is InChI=1S/C28H33N5O4/c1-18-21(17-26-27(34)23-15-19(30-28(35)29-2)5-8-25(23)37-26)22-16-20(36-4)6-7-24(22)33(18)14-13-32-11-9-31(3)10-12-32/h5-8,15-17H,9-14H2,1-4H3,(H2,29,30,35). The molecule has 2 aromatic carbocycles. The predicted octanol–water partition coefficient (Wildman–Crippen LogP) is 3.57. The van der Waals surface area contributed by atoms with Gasteiger partial charge in [0.25, 0.3) is 0 Å². The first-order valence-corrected chi connectivity index (χ1v) is 12.5. The maximum absolute atomic E-state index is 13.3. The van der Waals surface area contributed by atoms with E-state index in [1.54, 1.807) is 25.3 Å². The summed E-state index contributed by atoms with van der Waals surface area (Å²) in [5.74, 6) is 1.29. The maximum atomic E-state index is 13.3. The van der Waals surface area contributed by atoms with Crippen LogP contribution in [0.15, 0.2) is 42.2 Å². The lowest BCUT2D eigenvalue weighted by atomic mass is 10.1. The Kier molecular flexibility index (Phi) is 6.90. The van der Waals surface area contributed by atoms with E-state index < -0.39 is 0 Å². The van der Waals surface area contributed by atoms with Crippen molar-refractivity contribution in [2.45, 2.75) is 13.5 Å². The van der Waals surface area contributed by atoms with Crippen molar-refractivity contribution in [2.75, 3.05) is 59.2 Å². The van der Waals surface area contributed by atoms with Crippen LogP contribution in [-0.2, 0) is 6.54 Å². The third kappa shape index (κ3) is 4.92. The molecule has 9 nitrogen and oxygen atoms in total. The van der Waals surface area contributed by atoms with Crippen LogP contribution in [0.4, 0.5) is 10.5 Å². The van der Waals surface area contributed by atoms with E-state index >= 15 is 0 Å². The monoisotopic (exact) mass is 503 g/mol. The number of piperazine rings is 1. The number of rotatable bonds is 6. The zero-order valence-electron chi connectivity index (χ0n) is 21.8. The van der Waals surface area contributed by atoms with Gasteiger partial charge in [-0.2, -0.15) is 0 Å². The molecular formula is C28H33N5O4. The zero-order chi connectivity index (χ0) is 26.1. The van der Waals surface area contributed by atoms with Crippen molar-refractivity contribution >= 4 is 34.5 Å².